The number of rotatable bonds is 19. The van der Waals surface area contributed by atoms with Crippen molar-refractivity contribution in [1.29, 1.82) is 10.5 Å². The number of aliphatic imine (C=N–C) groups is 3. The highest BCUT2D eigenvalue weighted by Crippen LogP contribution is 2.51. The number of aromatic nitrogens is 4. The second-order valence-electron chi connectivity index (χ2n) is 15.0. The molecule has 2 aromatic heterocycles. The molecule has 4 aliphatic heterocycles. The first kappa shape index (κ1) is 48.9. The lowest BCUT2D eigenvalue weighted by Gasteiger charge is -2.32. The average molecular weight is 1010 g/mol. The topological polar surface area (TPSA) is 283 Å². The van der Waals surface area contributed by atoms with Crippen LogP contribution >= 0.6 is 13.8 Å². The Labute approximate surface area is 397 Å². The maximum atomic E-state index is 16.9. The van der Waals surface area contributed by atoms with Crippen molar-refractivity contribution in [1.82, 2.24) is 34.8 Å². The normalized spacial score (nSPS) is 27.2. The SMILES string of the molecule is N#CCCO[P+](=S)O[C@H]1[C@@H](F)[C@H](N2C=NC3C(NC(=O)c4ccccc4)=NC=NC32)O[C@@H]1CNP(=S)(OCCC#N)O[C@H]1[C@@H](F)[C@H](n2cnc3c(NC(=O)c4ccccc4)ncnc32)O[C@@H]1CN. The van der Waals surface area contributed by atoms with E-state index >= 15 is 8.78 Å². The Morgan fingerprint density at radius 1 is 0.897 bits per heavy atom. The molecule has 0 aliphatic carbocycles. The summed E-state index contributed by atoms with van der Waals surface area (Å²) in [7, 11) is -2.17. The number of fused-ring (bicyclic) bond motifs is 2. The molecule has 22 nitrogen and oxygen atoms in total. The van der Waals surface area contributed by atoms with Crippen LogP contribution in [0.4, 0.5) is 14.6 Å². The molecule has 28 heteroatoms. The molecular formula is C40H41F2N14O8P2S2+. The van der Waals surface area contributed by atoms with Crippen LogP contribution in [0, 0.1) is 22.7 Å². The van der Waals surface area contributed by atoms with Crippen LogP contribution in [0.25, 0.3) is 11.2 Å². The summed E-state index contributed by atoms with van der Waals surface area (Å²) < 4.78 is 71.2. The summed E-state index contributed by atoms with van der Waals surface area (Å²) in [5, 5.41) is 26.8. The molecule has 354 valence electrons. The van der Waals surface area contributed by atoms with Crippen LogP contribution in [0.3, 0.4) is 0 Å². The molecule has 2 aromatic carbocycles. The molecule has 12 atom stereocenters. The monoisotopic (exact) mass is 1010 g/mol. The van der Waals surface area contributed by atoms with E-state index in [-0.39, 0.29) is 62.0 Å². The number of halogens is 2. The largest absolute Gasteiger partial charge is 0.522 e. The zero-order chi connectivity index (χ0) is 47.8. The minimum Gasteiger partial charge on any atom is -0.347 e. The first-order valence-electron chi connectivity index (χ1n) is 20.8. The van der Waals surface area contributed by atoms with Crippen molar-refractivity contribution in [2.24, 2.45) is 20.7 Å². The third-order valence-electron chi connectivity index (χ3n) is 10.7. The van der Waals surface area contributed by atoms with Crippen LogP contribution in [0.1, 0.15) is 39.8 Å². The van der Waals surface area contributed by atoms with Crippen LogP contribution in [0.5, 0.6) is 0 Å². The third kappa shape index (κ3) is 10.8. The maximum absolute atomic E-state index is 16.9. The third-order valence-corrected chi connectivity index (χ3v) is 14.7. The van der Waals surface area contributed by atoms with Crippen molar-refractivity contribution in [2.75, 3.05) is 31.6 Å². The summed E-state index contributed by atoms with van der Waals surface area (Å²) in [6, 6.07) is 20.0. The molecule has 2 fully saturated rings. The molecule has 0 spiro atoms. The van der Waals surface area contributed by atoms with Gasteiger partial charge in [0.05, 0.1) is 44.3 Å². The molecule has 6 heterocycles. The van der Waals surface area contributed by atoms with Crippen LogP contribution in [-0.2, 0) is 51.2 Å². The van der Waals surface area contributed by atoms with Gasteiger partial charge < -0.3 is 39.8 Å². The van der Waals surface area contributed by atoms with Gasteiger partial charge in [-0.25, -0.2) is 38.8 Å². The number of alkyl halides is 2. The first-order chi connectivity index (χ1) is 33.0. The number of nitrogens with one attached hydrogen (secondary N) is 3. The van der Waals surface area contributed by atoms with Gasteiger partial charge in [0.1, 0.15) is 43.4 Å². The van der Waals surface area contributed by atoms with Gasteiger partial charge in [0.2, 0.25) is 11.8 Å². The Kier molecular flexibility index (Phi) is 16.0. The number of ether oxygens (including phenoxy) is 2. The number of nitrogens with zero attached hydrogens (tertiary/aromatic N) is 10. The van der Waals surface area contributed by atoms with Crippen molar-refractivity contribution in [2.45, 2.75) is 74.3 Å². The van der Waals surface area contributed by atoms with Gasteiger partial charge in [0.25, 0.3) is 18.5 Å². The number of anilines is 1. The van der Waals surface area contributed by atoms with Crippen LogP contribution in [0.15, 0.2) is 88.3 Å². The number of nitrogens with two attached hydrogens (primary N) is 1. The standard InChI is InChI=1S/C40H40F2N14O8P2S2/c41-27-31(63-65(67)59-15-7-13-43)26(62-39(27)55-21-50-29-33(46-19-48-35(29)55)53-37(57)23-9-3-1-4-10-23)18-52-66(68,60-16-8-14-44)64-32-25(17-45)61-40(28(32)42)56-22-51-30-34(47-20-49-36(30)56)54-38(58)24-11-5-2-6-12-24/h1-6,9-12,19-22,25-29,31-32,35,39-40H,7-8,15-18,45H2,(H2-,46,47,48,49,52,53,54,57,58,68)/p+1/t25-,26-,27-,28-,29?,31-,32-,35?,39-,40-,66?/m1/s1. The fourth-order valence-corrected chi connectivity index (χ4v) is 11.1. The highest BCUT2D eigenvalue weighted by Gasteiger charge is 2.56. The summed E-state index contributed by atoms with van der Waals surface area (Å²) in [4.78, 5) is 53.3. The van der Waals surface area contributed by atoms with Gasteiger partial charge in [-0.3, -0.25) is 19.1 Å². The Hall–Kier alpha value is -5.57. The number of benzene rings is 2. The number of hydrogen-bond acceptors (Lipinski definition) is 20. The Morgan fingerprint density at radius 2 is 1.57 bits per heavy atom. The number of carbonyl (C=O) groups excluding carboxylic acids is 2. The minimum absolute atomic E-state index is 0.00684. The zero-order valence-corrected chi connectivity index (χ0v) is 38.8. The van der Waals surface area contributed by atoms with Crippen LogP contribution in [0.2, 0.25) is 0 Å². The van der Waals surface area contributed by atoms with E-state index in [4.69, 9.17) is 62.2 Å². The molecule has 0 bridgehead atoms. The predicted molar refractivity (Wildman–Crippen MR) is 248 cm³/mol. The van der Waals surface area contributed by atoms with E-state index in [1.54, 1.807) is 60.7 Å². The fraction of sp³-hybridized carbons (Fsp3) is 0.400. The van der Waals surface area contributed by atoms with E-state index < -0.39 is 87.0 Å². The predicted octanol–water partition coefficient (Wildman–Crippen LogP) is 3.46. The zero-order valence-electron chi connectivity index (χ0n) is 35.4. The summed E-state index contributed by atoms with van der Waals surface area (Å²) in [6.45, 7) is -4.73. The van der Waals surface area contributed by atoms with Gasteiger partial charge in [0, 0.05) is 24.2 Å². The van der Waals surface area contributed by atoms with Crippen molar-refractivity contribution in [3.05, 3.63) is 84.4 Å². The number of nitriles is 2. The van der Waals surface area contributed by atoms with Gasteiger partial charge in [-0.2, -0.15) is 10.5 Å². The highest BCUT2D eigenvalue weighted by molar-refractivity contribution is 8.09. The van der Waals surface area contributed by atoms with Gasteiger partial charge >= 0.3 is 7.15 Å². The van der Waals surface area contributed by atoms with E-state index in [2.05, 4.69) is 45.7 Å². The number of amides is 2. The Bertz CT molecular complexity index is 2720. The molecule has 0 radical (unpaired) electrons. The average Bonchev–Trinajstić information content (AvgIpc) is 4.13. The van der Waals surface area contributed by atoms with Crippen molar-refractivity contribution in [3.63, 3.8) is 0 Å². The van der Waals surface area contributed by atoms with E-state index in [1.165, 1.54) is 34.8 Å². The first-order valence-corrected chi connectivity index (χ1v) is 25.6. The molecule has 8 rings (SSSR count). The lowest BCUT2D eigenvalue weighted by atomic mass is 10.1. The molecule has 68 heavy (non-hydrogen) atoms. The summed E-state index contributed by atoms with van der Waals surface area (Å²) in [6.07, 6.45) is -7.88. The van der Waals surface area contributed by atoms with Gasteiger partial charge in [-0.05, 0) is 36.1 Å². The molecule has 4 aliphatic rings. The van der Waals surface area contributed by atoms with Gasteiger partial charge in [0.15, 0.2) is 60.1 Å². The van der Waals surface area contributed by atoms with Crippen molar-refractivity contribution in [3.8, 4) is 12.1 Å². The molecule has 5 N–H and O–H groups in total. The Morgan fingerprint density at radius 3 is 2.28 bits per heavy atom. The van der Waals surface area contributed by atoms with Crippen molar-refractivity contribution < 1.29 is 45.9 Å². The van der Waals surface area contributed by atoms with E-state index in [1.807, 2.05) is 12.1 Å². The highest BCUT2D eigenvalue weighted by atomic mass is 32.5. The maximum Gasteiger partial charge on any atom is 0.522 e. The smallest absolute Gasteiger partial charge is 0.347 e. The van der Waals surface area contributed by atoms with Crippen molar-refractivity contribution >= 4 is 84.7 Å². The molecule has 4 unspecified atom stereocenters. The molecule has 0 saturated carbocycles. The molecule has 2 amide bonds. The minimum atomic E-state index is -3.87. The molecule has 4 aromatic rings. The van der Waals surface area contributed by atoms with Gasteiger partial charge in [-0.1, -0.05) is 36.4 Å². The van der Waals surface area contributed by atoms with E-state index in [0.717, 1.165) is 0 Å². The lowest BCUT2D eigenvalue weighted by Crippen LogP contribution is -2.52. The fourth-order valence-electron chi connectivity index (χ4n) is 7.51. The number of amidine groups is 1. The number of hydrogen-bond donors (Lipinski definition) is 4. The molecule has 2 saturated heterocycles. The second kappa shape index (κ2) is 22.2. The van der Waals surface area contributed by atoms with E-state index in [9.17, 15) is 14.9 Å². The number of carbonyl (C=O) groups is 2. The summed E-state index contributed by atoms with van der Waals surface area (Å²) in [5.74, 6) is -0.633. The van der Waals surface area contributed by atoms with Crippen LogP contribution < -0.4 is 21.5 Å². The second-order valence-corrected chi connectivity index (χ2v) is 20.0. The van der Waals surface area contributed by atoms with E-state index in [0.29, 0.717) is 11.1 Å². The summed E-state index contributed by atoms with van der Waals surface area (Å²) in [5.41, 5.74) is 7.14. The summed E-state index contributed by atoms with van der Waals surface area (Å²) >= 11 is 11.3. The quantitative estimate of drug-likeness (QED) is 0.0773. The molecular weight excluding hydrogens is 969 g/mol. The van der Waals surface area contributed by atoms with Gasteiger partial charge in [-0.15, -0.1) is 9.05 Å². The number of imidazole rings is 1. The Balaban J connectivity index is 0.991. The van der Waals surface area contributed by atoms with Crippen LogP contribution in [-0.4, -0.2) is 136 Å². The lowest BCUT2D eigenvalue weighted by molar-refractivity contribution is -0.0514.